The van der Waals surface area contributed by atoms with E-state index >= 15 is 0 Å². The molecule has 8 nitrogen and oxygen atoms in total. The van der Waals surface area contributed by atoms with E-state index in [1.165, 1.54) is 0 Å². The fraction of sp³-hybridized carbons (Fsp3) is 0.361. The quantitative estimate of drug-likeness (QED) is 0.246. The molecule has 1 N–H and O–H groups in total. The Labute approximate surface area is 268 Å². The summed E-state index contributed by atoms with van der Waals surface area (Å²) in [6, 6.07) is 15.7. The van der Waals surface area contributed by atoms with Crippen molar-refractivity contribution < 1.29 is 19.4 Å². The Bertz CT molecular complexity index is 1810. The molecule has 0 aliphatic carbocycles. The molecule has 5 heterocycles. The van der Waals surface area contributed by atoms with Gasteiger partial charge in [-0.25, -0.2) is 9.78 Å². The van der Waals surface area contributed by atoms with Crippen LogP contribution in [0.1, 0.15) is 57.9 Å². The summed E-state index contributed by atoms with van der Waals surface area (Å²) in [5, 5.41) is 16.1. The molecule has 1 atom stereocenters. The smallest absolute Gasteiger partial charge is 0.337 e. The summed E-state index contributed by atoms with van der Waals surface area (Å²) in [7, 11) is 0. The van der Waals surface area contributed by atoms with Gasteiger partial charge in [0.25, 0.3) is 0 Å². The highest BCUT2D eigenvalue weighted by atomic mass is 35.5. The number of rotatable bonds is 3. The maximum absolute atomic E-state index is 12.8. The number of halogens is 1. The van der Waals surface area contributed by atoms with E-state index in [9.17, 15) is 9.90 Å². The number of aliphatic carboxylic acids is 1. The summed E-state index contributed by atoms with van der Waals surface area (Å²) in [6.07, 6.45) is 8.95. The number of ether oxygens (including phenoxy) is 2. The lowest BCUT2D eigenvalue weighted by atomic mass is 9.80. The Morgan fingerprint density at radius 3 is 2.58 bits per heavy atom. The van der Waals surface area contributed by atoms with Crippen LogP contribution < -0.4 is 9.64 Å². The van der Waals surface area contributed by atoms with Crippen molar-refractivity contribution in [3.63, 3.8) is 0 Å². The molecule has 2 aromatic carbocycles. The van der Waals surface area contributed by atoms with Crippen molar-refractivity contribution in [1.82, 2.24) is 14.6 Å². The number of benzene rings is 2. The summed E-state index contributed by atoms with van der Waals surface area (Å²) < 4.78 is 14.2. The Balaban J connectivity index is 1.57. The van der Waals surface area contributed by atoms with Crippen LogP contribution in [0.15, 0.2) is 72.8 Å². The zero-order chi connectivity index (χ0) is 31.9. The highest BCUT2D eigenvalue weighted by molar-refractivity contribution is 6.31. The summed E-state index contributed by atoms with van der Waals surface area (Å²) in [4.78, 5) is 19.9. The second-order valence-corrected chi connectivity index (χ2v) is 13.6. The molecule has 0 unspecified atom stereocenters. The van der Waals surface area contributed by atoms with Gasteiger partial charge in [0.1, 0.15) is 18.2 Å². The summed E-state index contributed by atoms with van der Waals surface area (Å²) in [5.74, 6) is 0.391. The van der Waals surface area contributed by atoms with Gasteiger partial charge in [0.05, 0.1) is 16.9 Å². The highest BCUT2D eigenvalue weighted by Crippen LogP contribution is 2.41. The molecule has 1 fully saturated rings. The Hall–Kier alpha value is -4.14. The lowest BCUT2D eigenvalue weighted by Gasteiger charge is -2.40. The monoisotopic (exact) mass is 626 g/mol. The van der Waals surface area contributed by atoms with Crippen LogP contribution in [-0.4, -0.2) is 51.0 Å². The number of carboxylic acid groups (broad SMARTS) is 1. The number of anilines is 1. The predicted octanol–water partition coefficient (Wildman–Crippen LogP) is 8.08. The fourth-order valence-corrected chi connectivity index (χ4v) is 6.28. The number of hydrogen-bond donors (Lipinski definition) is 1. The molecule has 2 aromatic heterocycles. The van der Waals surface area contributed by atoms with Crippen LogP contribution in [0.3, 0.4) is 0 Å². The standard InChI is InChI=1S/C36H39ClN4O4/c1-23-31(32(34(42)43)45-35(2,3)4)33-40-17-15-36(5,16-18-40)14-7-6-8-19-44-29-13-12-26(37)21-27(29)24-10-9-11-25(20-24)28-22-30(38-23)41(33)39-28/h6-14,20-22,32H,15-19H2,1-5H3,(H,42,43)/b8-6-,14-7-/t32-/m0/s1. The minimum atomic E-state index is -1.21. The average Bonchev–Trinajstić information content (AvgIpc) is 3.41. The third-order valence-corrected chi connectivity index (χ3v) is 8.69. The molecule has 0 amide bonds. The molecule has 0 spiro atoms. The zero-order valence-electron chi connectivity index (χ0n) is 26.4. The lowest BCUT2D eigenvalue weighted by Crippen LogP contribution is -2.40. The normalized spacial score (nSPS) is 18.4. The van der Waals surface area contributed by atoms with Crippen molar-refractivity contribution in [2.24, 2.45) is 5.41 Å². The molecule has 9 heteroatoms. The molecule has 45 heavy (non-hydrogen) atoms. The largest absolute Gasteiger partial charge is 0.489 e. The Kier molecular flexibility index (Phi) is 8.22. The maximum atomic E-state index is 12.8. The summed E-state index contributed by atoms with van der Waals surface area (Å²) in [6.45, 7) is 11.6. The number of fused-ring (bicyclic) bond motifs is 5. The van der Waals surface area contributed by atoms with E-state index in [1.54, 1.807) is 4.52 Å². The van der Waals surface area contributed by atoms with E-state index < -0.39 is 17.7 Å². The maximum Gasteiger partial charge on any atom is 0.337 e. The molecule has 3 aliphatic rings. The topological polar surface area (TPSA) is 89.2 Å². The van der Waals surface area contributed by atoms with Crippen LogP contribution in [0.2, 0.25) is 5.02 Å². The zero-order valence-corrected chi connectivity index (χ0v) is 27.1. The van der Waals surface area contributed by atoms with Crippen LogP contribution in [0.25, 0.3) is 28.0 Å². The molecule has 7 rings (SSSR count). The molecule has 1 saturated heterocycles. The predicted molar refractivity (Wildman–Crippen MR) is 178 cm³/mol. The van der Waals surface area contributed by atoms with Crippen molar-refractivity contribution in [3.05, 3.63) is 89.1 Å². The third kappa shape index (κ3) is 6.49. The van der Waals surface area contributed by atoms with Gasteiger partial charge >= 0.3 is 5.97 Å². The second-order valence-electron chi connectivity index (χ2n) is 13.1. The van der Waals surface area contributed by atoms with Crippen LogP contribution in [0, 0.1) is 12.3 Å². The Morgan fingerprint density at radius 1 is 1.09 bits per heavy atom. The molecule has 4 aromatic rings. The van der Waals surface area contributed by atoms with Gasteiger partial charge in [0, 0.05) is 41.0 Å². The van der Waals surface area contributed by atoms with Crippen LogP contribution in [0.5, 0.6) is 5.75 Å². The average molecular weight is 627 g/mol. The van der Waals surface area contributed by atoms with E-state index in [4.69, 9.17) is 31.2 Å². The van der Waals surface area contributed by atoms with Crippen LogP contribution in [-0.2, 0) is 9.53 Å². The number of allylic oxidation sites excluding steroid dienone is 3. The van der Waals surface area contributed by atoms with Gasteiger partial charge in [0.2, 0.25) is 0 Å². The molecular formula is C36H39ClN4O4. The van der Waals surface area contributed by atoms with Crippen molar-refractivity contribution in [3.8, 4) is 28.1 Å². The number of nitrogens with zero attached hydrogens (tertiary/aromatic N) is 4. The highest BCUT2D eigenvalue weighted by Gasteiger charge is 2.37. The van der Waals surface area contributed by atoms with Crippen molar-refractivity contribution in [2.45, 2.75) is 59.2 Å². The molecule has 6 bridgehead atoms. The first kappa shape index (κ1) is 30.9. The van der Waals surface area contributed by atoms with E-state index in [-0.39, 0.29) is 5.41 Å². The molecule has 0 radical (unpaired) electrons. The van der Waals surface area contributed by atoms with Gasteiger partial charge in [-0.1, -0.05) is 55.0 Å². The minimum Gasteiger partial charge on any atom is -0.489 e. The van der Waals surface area contributed by atoms with E-state index in [0.29, 0.717) is 34.4 Å². The number of aromatic nitrogens is 3. The van der Waals surface area contributed by atoms with E-state index in [2.05, 4.69) is 30.0 Å². The molecule has 234 valence electrons. The van der Waals surface area contributed by atoms with Crippen molar-refractivity contribution in [2.75, 3.05) is 24.6 Å². The number of carboxylic acids is 1. The van der Waals surface area contributed by atoms with Crippen LogP contribution >= 0.6 is 11.6 Å². The lowest BCUT2D eigenvalue weighted by molar-refractivity contribution is -0.160. The molecular weight excluding hydrogens is 588 g/mol. The molecule has 3 aliphatic heterocycles. The van der Waals surface area contributed by atoms with E-state index in [1.807, 2.05) is 82.3 Å². The van der Waals surface area contributed by atoms with Crippen LogP contribution in [0.4, 0.5) is 5.82 Å². The van der Waals surface area contributed by atoms with Crippen molar-refractivity contribution in [1.29, 1.82) is 0 Å². The van der Waals surface area contributed by atoms with Gasteiger partial charge in [-0.15, -0.1) is 0 Å². The first-order chi connectivity index (χ1) is 21.4. The SMILES string of the molecule is Cc1nc2cc3nn2c(c1[C@H](OC(C)(C)C)C(=O)O)N1CCC(C)(/C=C\C=C/COc2ccc(Cl)cc2-c2cccc-3c2)CC1. The van der Waals surface area contributed by atoms with Gasteiger partial charge in [-0.2, -0.15) is 9.61 Å². The van der Waals surface area contributed by atoms with Crippen molar-refractivity contribution >= 4 is 29.0 Å². The number of piperidine rings is 1. The minimum absolute atomic E-state index is 0.0160. The summed E-state index contributed by atoms with van der Waals surface area (Å²) >= 11 is 6.44. The summed E-state index contributed by atoms with van der Waals surface area (Å²) in [5.41, 5.74) is 4.51. The first-order valence-electron chi connectivity index (χ1n) is 15.3. The second kappa shape index (κ2) is 12.0. The number of carbonyl (C=O) groups is 1. The fourth-order valence-electron chi connectivity index (χ4n) is 6.11. The number of aryl methyl sites for hydroxylation is 1. The van der Waals surface area contributed by atoms with Gasteiger partial charge in [-0.05, 0) is 81.9 Å². The third-order valence-electron chi connectivity index (χ3n) is 8.46. The van der Waals surface area contributed by atoms with Gasteiger partial charge in [0.15, 0.2) is 11.8 Å². The first-order valence-corrected chi connectivity index (χ1v) is 15.7. The molecule has 0 saturated carbocycles. The van der Waals surface area contributed by atoms with Gasteiger partial charge in [-0.3, -0.25) is 0 Å². The van der Waals surface area contributed by atoms with Gasteiger partial charge < -0.3 is 19.5 Å². The number of hydrogen-bond acceptors (Lipinski definition) is 6. The Morgan fingerprint density at radius 2 is 1.84 bits per heavy atom. The van der Waals surface area contributed by atoms with E-state index in [0.717, 1.165) is 54.1 Å².